The molecule has 11 heavy (non-hydrogen) atoms. The first-order valence-corrected chi connectivity index (χ1v) is 3.73. The molecule has 0 aliphatic carbocycles. The van der Waals surface area contributed by atoms with Gasteiger partial charge >= 0.3 is 0 Å². The normalized spacial score (nSPS) is 9.64. The SMILES string of the molecule is CCOc1cccc(C[NH])c1. The largest absolute Gasteiger partial charge is 0.494 e. The Bertz CT molecular complexity index is 223. The first-order chi connectivity index (χ1) is 5.36. The average Bonchev–Trinajstić information content (AvgIpc) is 2.06. The van der Waals surface area contributed by atoms with Crippen LogP contribution in [0.4, 0.5) is 0 Å². The Balaban J connectivity index is 2.74. The third-order valence-electron chi connectivity index (χ3n) is 1.41. The maximum Gasteiger partial charge on any atom is 0.119 e. The summed E-state index contributed by atoms with van der Waals surface area (Å²) in [5.41, 5.74) is 8.11. The van der Waals surface area contributed by atoms with E-state index in [1.807, 2.05) is 31.2 Å². The minimum absolute atomic E-state index is 0.320. The van der Waals surface area contributed by atoms with E-state index in [0.717, 1.165) is 11.3 Å². The molecule has 0 aromatic heterocycles. The van der Waals surface area contributed by atoms with Gasteiger partial charge < -0.3 is 4.74 Å². The molecule has 0 fully saturated rings. The molecule has 0 atom stereocenters. The van der Waals surface area contributed by atoms with Crippen molar-refractivity contribution in [2.24, 2.45) is 0 Å². The van der Waals surface area contributed by atoms with E-state index >= 15 is 0 Å². The standard InChI is InChI=1S/C9H12NO/c1-2-11-9-5-3-4-8(6-9)7-10/h3-6,10H,2,7H2,1H3. The molecule has 1 N–H and O–H groups in total. The van der Waals surface area contributed by atoms with Crippen LogP contribution in [0.15, 0.2) is 24.3 Å². The van der Waals surface area contributed by atoms with Crippen LogP contribution in [-0.4, -0.2) is 6.61 Å². The van der Waals surface area contributed by atoms with Crippen molar-refractivity contribution in [3.8, 4) is 5.75 Å². The summed E-state index contributed by atoms with van der Waals surface area (Å²) in [4.78, 5) is 0. The predicted octanol–water partition coefficient (Wildman–Crippen LogP) is 1.87. The van der Waals surface area contributed by atoms with Crippen LogP contribution in [0.1, 0.15) is 12.5 Å². The highest BCUT2D eigenvalue weighted by atomic mass is 16.5. The Morgan fingerprint density at radius 3 is 2.91 bits per heavy atom. The van der Waals surface area contributed by atoms with E-state index in [4.69, 9.17) is 10.5 Å². The molecule has 59 valence electrons. The number of hydrogen-bond donors (Lipinski definition) is 0. The van der Waals surface area contributed by atoms with Crippen molar-refractivity contribution in [1.82, 2.24) is 5.73 Å². The molecule has 1 aromatic carbocycles. The summed E-state index contributed by atoms with van der Waals surface area (Å²) in [6.45, 7) is 2.95. The summed E-state index contributed by atoms with van der Waals surface area (Å²) in [6.07, 6.45) is 0. The van der Waals surface area contributed by atoms with Crippen molar-refractivity contribution < 1.29 is 4.74 Å². The highest BCUT2D eigenvalue weighted by molar-refractivity contribution is 5.28. The van der Waals surface area contributed by atoms with Crippen LogP contribution in [-0.2, 0) is 6.54 Å². The van der Waals surface area contributed by atoms with Gasteiger partial charge in [0.2, 0.25) is 0 Å². The summed E-state index contributed by atoms with van der Waals surface area (Å²) < 4.78 is 5.26. The van der Waals surface area contributed by atoms with Crippen LogP contribution in [0.5, 0.6) is 5.75 Å². The van der Waals surface area contributed by atoms with Crippen LogP contribution in [0.3, 0.4) is 0 Å². The van der Waals surface area contributed by atoms with Crippen LogP contribution in [0.2, 0.25) is 0 Å². The summed E-state index contributed by atoms with van der Waals surface area (Å²) in [7, 11) is 0. The molecule has 1 radical (unpaired) electrons. The molecule has 1 rings (SSSR count). The molecule has 0 saturated carbocycles. The first-order valence-electron chi connectivity index (χ1n) is 3.73. The fourth-order valence-corrected chi connectivity index (χ4v) is 0.912. The maximum absolute atomic E-state index is 7.12. The first kappa shape index (κ1) is 8.08. The topological polar surface area (TPSA) is 33.0 Å². The van der Waals surface area contributed by atoms with Gasteiger partial charge in [-0.3, -0.25) is 5.73 Å². The lowest BCUT2D eigenvalue weighted by Crippen LogP contribution is -1.92. The van der Waals surface area contributed by atoms with E-state index in [9.17, 15) is 0 Å². The zero-order valence-corrected chi connectivity index (χ0v) is 6.63. The lowest BCUT2D eigenvalue weighted by molar-refractivity contribution is 0.340. The van der Waals surface area contributed by atoms with Gasteiger partial charge in [-0.25, -0.2) is 0 Å². The van der Waals surface area contributed by atoms with E-state index in [0.29, 0.717) is 13.2 Å². The summed E-state index contributed by atoms with van der Waals surface area (Å²) in [6, 6.07) is 7.64. The van der Waals surface area contributed by atoms with Gasteiger partial charge in [0.05, 0.1) is 6.61 Å². The second-order valence-corrected chi connectivity index (χ2v) is 2.26. The maximum atomic E-state index is 7.12. The van der Waals surface area contributed by atoms with Crippen molar-refractivity contribution in [2.75, 3.05) is 6.61 Å². The summed E-state index contributed by atoms with van der Waals surface area (Å²) in [5, 5.41) is 0. The average molecular weight is 150 g/mol. The second kappa shape index (κ2) is 3.98. The van der Waals surface area contributed by atoms with Gasteiger partial charge in [0.1, 0.15) is 5.75 Å². The van der Waals surface area contributed by atoms with Crippen molar-refractivity contribution >= 4 is 0 Å². The van der Waals surface area contributed by atoms with Crippen molar-refractivity contribution in [3.63, 3.8) is 0 Å². The van der Waals surface area contributed by atoms with Crippen molar-refractivity contribution in [2.45, 2.75) is 13.5 Å². The minimum atomic E-state index is 0.320. The van der Waals surface area contributed by atoms with Crippen molar-refractivity contribution in [1.29, 1.82) is 0 Å². The molecule has 0 unspecified atom stereocenters. The molecular formula is C9H12NO. The Labute approximate surface area is 67.0 Å². The smallest absolute Gasteiger partial charge is 0.119 e. The zero-order chi connectivity index (χ0) is 8.10. The van der Waals surface area contributed by atoms with Gasteiger partial charge in [-0.1, -0.05) is 12.1 Å². The number of benzene rings is 1. The van der Waals surface area contributed by atoms with Gasteiger partial charge in [0, 0.05) is 6.54 Å². The molecule has 2 nitrogen and oxygen atoms in total. The third-order valence-corrected chi connectivity index (χ3v) is 1.41. The fraction of sp³-hybridized carbons (Fsp3) is 0.333. The molecule has 0 bridgehead atoms. The van der Waals surface area contributed by atoms with Gasteiger partial charge in [-0.2, -0.15) is 0 Å². The van der Waals surface area contributed by atoms with Gasteiger partial charge in [-0.05, 0) is 24.6 Å². The summed E-state index contributed by atoms with van der Waals surface area (Å²) in [5.74, 6) is 0.859. The molecule has 0 aliphatic rings. The lowest BCUT2D eigenvalue weighted by atomic mass is 10.2. The van der Waals surface area contributed by atoms with E-state index < -0.39 is 0 Å². The van der Waals surface area contributed by atoms with Crippen LogP contribution in [0, 0.1) is 0 Å². The predicted molar refractivity (Wildman–Crippen MR) is 44.4 cm³/mol. The number of ether oxygens (including phenoxy) is 1. The number of hydrogen-bond acceptors (Lipinski definition) is 1. The zero-order valence-electron chi connectivity index (χ0n) is 6.63. The molecule has 0 aliphatic heterocycles. The van der Waals surface area contributed by atoms with Gasteiger partial charge in [0.15, 0.2) is 0 Å². The fourth-order valence-electron chi connectivity index (χ4n) is 0.912. The molecule has 0 amide bonds. The van der Waals surface area contributed by atoms with Crippen molar-refractivity contribution in [3.05, 3.63) is 29.8 Å². The summed E-state index contributed by atoms with van der Waals surface area (Å²) >= 11 is 0. The van der Waals surface area contributed by atoms with Gasteiger partial charge in [-0.15, -0.1) is 0 Å². The van der Waals surface area contributed by atoms with Gasteiger partial charge in [0.25, 0.3) is 0 Å². The Morgan fingerprint density at radius 1 is 1.45 bits per heavy atom. The minimum Gasteiger partial charge on any atom is -0.494 e. The number of rotatable bonds is 3. The Kier molecular flexibility index (Phi) is 2.93. The quantitative estimate of drug-likeness (QED) is 0.647. The number of nitrogens with one attached hydrogen (secondary N) is 1. The monoisotopic (exact) mass is 150 g/mol. The van der Waals surface area contributed by atoms with Crippen LogP contribution in [0.25, 0.3) is 0 Å². The molecule has 0 saturated heterocycles. The third kappa shape index (κ3) is 2.24. The molecule has 2 heteroatoms. The van der Waals surface area contributed by atoms with E-state index in [1.165, 1.54) is 0 Å². The molecule has 0 spiro atoms. The van der Waals surface area contributed by atoms with Crippen LogP contribution >= 0.6 is 0 Å². The highest BCUT2D eigenvalue weighted by Crippen LogP contribution is 2.12. The van der Waals surface area contributed by atoms with Crippen LogP contribution < -0.4 is 10.5 Å². The lowest BCUT2D eigenvalue weighted by Gasteiger charge is -2.03. The Morgan fingerprint density at radius 2 is 2.27 bits per heavy atom. The van der Waals surface area contributed by atoms with E-state index in [-0.39, 0.29) is 0 Å². The van der Waals surface area contributed by atoms with E-state index in [2.05, 4.69) is 0 Å². The van der Waals surface area contributed by atoms with E-state index in [1.54, 1.807) is 0 Å². The Hall–Kier alpha value is -1.02. The second-order valence-electron chi connectivity index (χ2n) is 2.26. The molecule has 0 heterocycles. The molecular weight excluding hydrogens is 138 g/mol. The molecule has 1 aromatic rings. The highest BCUT2D eigenvalue weighted by Gasteiger charge is 1.92.